The van der Waals surface area contributed by atoms with Crippen LogP contribution < -0.4 is 14.2 Å². The van der Waals surface area contributed by atoms with Gasteiger partial charge in [0, 0.05) is 13.2 Å². The van der Waals surface area contributed by atoms with E-state index in [1.807, 2.05) is 0 Å². The standard InChI is InChI=1S/C11H15O4/c1-12-7-8-15-11-9(13-2)5-4-6-10(11)14-3/h4-5H,7-8H2,1-3H3. The first-order valence-corrected chi connectivity index (χ1v) is 4.58. The molecular formula is C11H15O4. The summed E-state index contributed by atoms with van der Waals surface area (Å²) < 4.78 is 20.6. The smallest absolute Gasteiger partial charge is 0.204 e. The lowest BCUT2D eigenvalue weighted by Gasteiger charge is -2.13. The Bertz CT molecular complexity index is 276. The molecule has 0 aliphatic heterocycles. The minimum Gasteiger partial charge on any atom is -0.493 e. The first kappa shape index (κ1) is 11.7. The zero-order chi connectivity index (χ0) is 11.1. The first-order chi connectivity index (χ1) is 7.33. The van der Waals surface area contributed by atoms with E-state index in [1.54, 1.807) is 33.5 Å². The molecule has 0 amide bonds. The first-order valence-electron chi connectivity index (χ1n) is 4.58. The molecule has 4 heteroatoms. The van der Waals surface area contributed by atoms with Crippen molar-refractivity contribution in [1.82, 2.24) is 0 Å². The molecule has 0 bridgehead atoms. The number of benzene rings is 1. The van der Waals surface area contributed by atoms with E-state index in [1.165, 1.54) is 0 Å². The Morgan fingerprint density at radius 1 is 1.13 bits per heavy atom. The van der Waals surface area contributed by atoms with Crippen molar-refractivity contribution in [2.75, 3.05) is 34.5 Å². The monoisotopic (exact) mass is 211 g/mol. The van der Waals surface area contributed by atoms with Crippen molar-refractivity contribution in [2.24, 2.45) is 0 Å². The largest absolute Gasteiger partial charge is 0.493 e. The van der Waals surface area contributed by atoms with Crippen LogP contribution in [0.1, 0.15) is 0 Å². The maximum Gasteiger partial charge on any atom is 0.204 e. The van der Waals surface area contributed by atoms with Crippen LogP contribution in [-0.4, -0.2) is 34.5 Å². The second kappa shape index (κ2) is 6.14. The number of hydrogen-bond donors (Lipinski definition) is 0. The predicted molar refractivity (Wildman–Crippen MR) is 55.8 cm³/mol. The van der Waals surface area contributed by atoms with Crippen molar-refractivity contribution >= 4 is 0 Å². The molecule has 0 fully saturated rings. The van der Waals surface area contributed by atoms with Gasteiger partial charge in [0.25, 0.3) is 0 Å². The molecular weight excluding hydrogens is 196 g/mol. The third-order valence-electron chi connectivity index (χ3n) is 1.84. The fourth-order valence-electron chi connectivity index (χ4n) is 1.12. The number of methoxy groups -OCH3 is 3. The lowest BCUT2D eigenvalue weighted by molar-refractivity contribution is 0.142. The molecule has 1 rings (SSSR count). The second-order valence-electron chi connectivity index (χ2n) is 2.75. The average Bonchev–Trinajstić information content (AvgIpc) is 2.29. The van der Waals surface area contributed by atoms with E-state index in [9.17, 15) is 0 Å². The van der Waals surface area contributed by atoms with E-state index < -0.39 is 0 Å². The predicted octanol–water partition coefficient (Wildman–Crippen LogP) is 1.53. The van der Waals surface area contributed by atoms with Gasteiger partial charge in [0.2, 0.25) is 5.75 Å². The molecule has 0 N–H and O–H groups in total. The normalized spacial score (nSPS) is 9.80. The van der Waals surface area contributed by atoms with Gasteiger partial charge in [-0.05, 0) is 12.1 Å². The van der Waals surface area contributed by atoms with Crippen molar-refractivity contribution in [3.8, 4) is 17.2 Å². The molecule has 0 heterocycles. The minimum absolute atomic E-state index is 0.446. The van der Waals surface area contributed by atoms with Crippen molar-refractivity contribution in [2.45, 2.75) is 0 Å². The maximum absolute atomic E-state index is 5.48. The summed E-state index contributed by atoms with van der Waals surface area (Å²) in [6.07, 6.45) is 0. The van der Waals surface area contributed by atoms with Crippen molar-refractivity contribution in [3.05, 3.63) is 18.2 Å². The van der Waals surface area contributed by atoms with Crippen LogP contribution in [0, 0.1) is 6.07 Å². The van der Waals surface area contributed by atoms with E-state index in [2.05, 4.69) is 6.07 Å². The third kappa shape index (κ3) is 3.02. The van der Waals surface area contributed by atoms with Crippen LogP contribution in [0.5, 0.6) is 17.2 Å². The third-order valence-corrected chi connectivity index (χ3v) is 1.84. The summed E-state index contributed by atoms with van der Waals surface area (Å²) in [5.41, 5.74) is 0. The van der Waals surface area contributed by atoms with Gasteiger partial charge in [-0.2, -0.15) is 0 Å². The summed E-state index contributed by atoms with van der Waals surface area (Å²) in [4.78, 5) is 0. The van der Waals surface area contributed by atoms with Gasteiger partial charge in [0.1, 0.15) is 6.61 Å². The van der Waals surface area contributed by atoms with Crippen LogP contribution in [-0.2, 0) is 4.74 Å². The van der Waals surface area contributed by atoms with Gasteiger partial charge in [0.05, 0.1) is 20.8 Å². The van der Waals surface area contributed by atoms with Crippen LogP contribution in [0.2, 0.25) is 0 Å². The summed E-state index contributed by atoms with van der Waals surface area (Å²) in [5, 5.41) is 0. The van der Waals surface area contributed by atoms with Crippen LogP contribution in [0.25, 0.3) is 0 Å². The Morgan fingerprint density at radius 2 is 1.93 bits per heavy atom. The molecule has 1 radical (unpaired) electrons. The molecule has 15 heavy (non-hydrogen) atoms. The Labute approximate surface area is 89.7 Å². The van der Waals surface area contributed by atoms with Gasteiger partial charge in [-0.3, -0.25) is 0 Å². The molecule has 83 valence electrons. The minimum atomic E-state index is 0.446. The van der Waals surface area contributed by atoms with E-state index in [-0.39, 0.29) is 0 Å². The molecule has 0 spiro atoms. The molecule has 0 atom stereocenters. The number of ether oxygens (including phenoxy) is 4. The average molecular weight is 211 g/mol. The summed E-state index contributed by atoms with van der Waals surface area (Å²) in [6.45, 7) is 0.961. The molecule has 1 aromatic carbocycles. The van der Waals surface area contributed by atoms with Crippen molar-refractivity contribution in [1.29, 1.82) is 0 Å². The summed E-state index contributed by atoms with van der Waals surface area (Å²) in [5.74, 6) is 1.71. The highest BCUT2D eigenvalue weighted by molar-refractivity contribution is 5.50. The number of hydrogen-bond acceptors (Lipinski definition) is 4. The molecule has 0 unspecified atom stereocenters. The quantitative estimate of drug-likeness (QED) is 0.669. The fraction of sp³-hybridized carbons (Fsp3) is 0.455. The molecule has 0 saturated heterocycles. The van der Waals surface area contributed by atoms with E-state index in [0.29, 0.717) is 30.5 Å². The Balaban J connectivity index is 2.80. The van der Waals surface area contributed by atoms with Crippen molar-refractivity contribution < 1.29 is 18.9 Å². The van der Waals surface area contributed by atoms with Crippen LogP contribution in [0.15, 0.2) is 12.1 Å². The Hall–Kier alpha value is -1.42. The highest BCUT2D eigenvalue weighted by Gasteiger charge is 2.10. The zero-order valence-electron chi connectivity index (χ0n) is 9.20. The Morgan fingerprint density at radius 3 is 2.53 bits per heavy atom. The van der Waals surface area contributed by atoms with Gasteiger partial charge in [-0.1, -0.05) is 0 Å². The van der Waals surface area contributed by atoms with E-state index in [0.717, 1.165) is 0 Å². The van der Waals surface area contributed by atoms with Gasteiger partial charge in [-0.25, -0.2) is 0 Å². The molecule has 0 aromatic heterocycles. The molecule has 0 aliphatic carbocycles. The SMILES string of the molecule is COCCOc1c(OC)[c]ccc1OC. The molecule has 4 nitrogen and oxygen atoms in total. The van der Waals surface area contributed by atoms with E-state index >= 15 is 0 Å². The summed E-state index contributed by atoms with van der Waals surface area (Å²) >= 11 is 0. The van der Waals surface area contributed by atoms with Gasteiger partial charge in [0.15, 0.2) is 11.5 Å². The Kier molecular flexibility index (Phi) is 4.77. The maximum atomic E-state index is 5.48. The second-order valence-corrected chi connectivity index (χ2v) is 2.75. The lowest BCUT2D eigenvalue weighted by Crippen LogP contribution is -2.06. The van der Waals surface area contributed by atoms with Crippen LogP contribution >= 0.6 is 0 Å². The lowest BCUT2D eigenvalue weighted by atomic mass is 10.3. The van der Waals surface area contributed by atoms with Crippen LogP contribution in [0.4, 0.5) is 0 Å². The fourth-order valence-corrected chi connectivity index (χ4v) is 1.12. The topological polar surface area (TPSA) is 36.9 Å². The molecule has 0 saturated carbocycles. The van der Waals surface area contributed by atoms with Gasteiger partial charge < -0.3 is 18.9 Å². The highest BCUT2D eigenvalue weighted by atomic mass is 16.6. The van der Waals surface area contributed by atoms with Crippen LogP contribution in [0.3, 0.4) is 0 Å². The summed E-state index contributed by atoms with van der Waals surface area (Å²) in [6, 6.07) is 6.41. The molecule has 0 aliphatic rings. The molecule has 1 aromatic rings. The highest BCUT2D eigenvalue weighted by Crippen LogP contribution is 2.36. The zero-order valence-corrected chi connectivity index (χ0v) is 9.20. The van der Waals surface area contributed by atoms with E-state index in [4.69, 9.17) is 18.9 Å². The van der Waals surface area contributed by atoms with Crippen molar-refractivity contribution in [3.63, 3.8) is 0 Å². The number of rotatable bonds is 6. The summed E-state index contributed by atoms with van der Waals surface area (Å²) in [7, 11) is 4.77. The van der Waals surface area contributed by atoms with Gasteiger partial charge in [-0.15, -0.1) is 0 Å². The van der Waals surface area contributed by atoms with Gasteiger partial charge >= 0.3 is 0 Å².